The molecular weight excluding hydrogens is 180 g/mol. The Bertz CT molecular complexity index is 398. The molecule has 1 aliphatic heterocycles. The van der Waals surface area contributed by atoms with E-state index >= 15 is 0 Å². The molecule has 1 aromatic carbocycles. The number of rotatable bonds is 1. The minimum absolute atomic E-state index is 0.323. The molecular formula is C10H8N2O2. The maximum absolute atomic E-state index is 11.4. The molecule has 4 nitrogen and oxygen atoms in total. The first-order valence-electron chi connectivity index (χ1n) is 4.21. The van der Waals surface area contributed by atoms with E-state index in [1.807, 2.05) is 30.3 Å². The van der Waals surface area contributed by atoms with E-state index in [1.165, 1.54) is 6.21 Å². The van der Waals surface area contributed by atoms with Crippen molar-refractivity contribution in [3.05, 3.63) is 35.9 Å². The number of benzene rings is 1. The first kappa shape index (κ1) is 8.62. The Morgan fingerprint density at radius 3 is 2.50 bits per heavy atom. The van der Waals surface area contributed by atoms with Crippen molar-refractivity contribution in [3.8, 4) is 0 Å². The van der Waals surface area contributed by atoms with E-state index in [0.29, 0.717) is 0 Å². The zero-order valence-corrected chi connectivity index (χ0v) is 7.31. The molecule has 70 valence electrons. The molecule has 0 saturated carbocycles. The van der Waals surface area contributed by atoms with Crippen molar-refractivity contribution in [2.45, 2.75) is 5.92 Å². The Labute approximate surface area is 80.7 Å². The lowest BCUT2D eigenvalue weighted by atomic mass is 9.99. The number of carbonyl (C=O) groups excluding carboxylic acids is 2. The second-order valence-electron chi connectivity index (χ2n) is 2.96. The maximum atomic E-state index is 11.4. The SMILES string of the molecule is O=C1N=CC(c2ccccc2)C(=O)N1. The fourth-order valence-electron chi connectivity index (χ4n) is 1.32. The molecule has 0 radical (unpaired) electrons. The quantitative estimate of drug-likeness (QED) is 0.717. The molecule has 1 N–H and O–H groups in total. The van der Waals surface area contributed by atoms with Gasteiger partial charge in [0.2, 0.25) is 5.91 Å². The van der Waals surface area contributed by atoms with E-state index in [1.54, 1.807) is 0 Å². The standard InChI is InChI=1S/C10H8N2O2/c13-9-8(6-11-10(14)12-9)7-4-2-1-3-5-7/h1-6,8H,(H,12,13,14). The van der Waals surface area contributed by atoms with Crippen molar-refractivity contribution >= 4 is 18.2 Å². The van der Waals surface area contributed by atoms with Gasteiger partial charge in [-0.05, 0) is 5.56 Å². The lowest BCUT2D eigenvalue weighted by Gasteiger charge is -2.14. The zero-order valence-electron chi connectivity index (χ0n) is 7.31. The maximum Gasteiger partial charge on any atom is 0.347 e. The first-order chi connectivity index (χ1) is 6.77. The lowest BCUT2D eigenvalue weighted by molar-refractivity contribution is -0.120. The molecule has 0 spiro atoms. The average Bonchev–Trinajstić information content (AvgIpc) is 2.19. The van der Waals surface area contributed by atoms with Gasteiger partial charge >= 0.3 is 6.03 Å². The Balaban J connectivity index is 2.32. The summed E-state index contributed by atoms with van der Waals surface area (Å²) < 4.78 is 0. The zero-order chi connectivity index (χ0) is 9.97. The fourth-order valence-corrected chi connectivity index (χ4v) is 1.32. The van der Waals surface area contributed by atoms with E-state index < -0.39 is 11.9 Å². The van der Waals surface area contributed by atoms with Crippen LogP contribution in [0.1, 0.15) is 11.5 Å². The van der Waals surface area contributed by atoms with Crippen LogP contribution in [-0.2, 0) is 4.79 Å². The van der Waals surface area contributed by atoms with Gasteiger partial charge in [-0.25, -0.2) is 9.79 Å². The predicted octanol–water partition coefficient (Wildman–Crippen LogP) is 1.09. The molecule has 0 bridgehead atoms. The Morgan fingerprint density at radius 2 is 1.86 bits per heavy atom. The molecule has 0 aliphatic carbocycles. The van der Waals surface area contributed by atoms with Crippen LogP contribution in [0.5, 0.6) is 0 Å². The first-order valence-corrected chi connectivity index (χ1v) is 4.21. The van der Waals surface area contributed by atoms with Gasteiger partial charge in [0, 0.05) is 6.21 Å². The highest BCUT2D eigenvalue weighted by molar-refractivity contribution is 6.12. The van der Waals surface area contributed by atoms with Gasteiger partial charge in [0.15, 0.2) is 0 Å². The van der Waals surface area contributed by atoms with Gasteiger partial charge in [0.1, 0.15) is 0 Å². The average molecular weight is 188 g/mol. The van der Waals surface area contributed by atoms with E-state index in [-0.39, 0.29) is 5.91 Å². The number of aliphatic imine (C=N–C) groups is 1. The van der Waals surface area contributed by atoms with Crippen molar-refractivity contribution in [2.24, 2.45) is 4.99 Å². The normalized spacial score (nSPS) is 20.7. The summed E-state index contributed by atoms with van der Waals surface area (Å²) in [6, 6.07) is 8.60. The van der Waals surface area contributed by atoms with Gasteiger partial charge in [-0.15, -0.1) is 0 Å². The Kier molecular flexibility index (Phi) is 2.10. The van der Waals surface area contributed by atoms with Gasteiger partial charge < -0.3 is 0 Å². The molecule has 1 heterocycles. The van der Waals surface area contributed by atoms with E-state index in [4.69, 9.17) is 0 Å². The molecule has 3 amide bonds. The van der Waals surface area contributed by atoms with Crippen LogP contribution < -0.4 is 5.32 Å². The molecule has 4 heteroatoms. The van der Waals surface area contributed by atoms with Crippen LogP contribution in [0.4, 0.5) is 4.79 Å². The number of urea groups is 1. The predicted molar refractivity (Wildman–Crippen MR) is 51.2 cm³/mol. The third-order valence-electron chi connectivity index (χ3n) is 2.01. The van der Waals surface area contributed by atoms with Crippen LogP contribution in [-0.4, -0.2) is 18.2 Å². The minimum Gasteiger partial charge on any atom is -0.275 e. The smallest absolute Gasteiger partial charge is 0.275 e. The number of carbonyl (C=O) groups is 2. The highest BCUT2D eigenvalue weighted by Gasteiger charge is 2.23. The van der Waals surface area contributed by atoms with Crippen molar-refractivity contribution in [1.82, 2.24) is 5.32 Å². The van der Waals surface area contributed by atoms with Crippen molar-refractivity contribution in [3.63, 3.8) is 0 Å². The third-order valence-corrected chi connectivity index (χ3v) is 2.01. The third kappa shape index (κ3) is 1.54. The summed E-state index contributed by atoms with van der Waals surface area (Å²) in [4.78, 5) is 25.6. The number of amides is 3. The van der Waals surface area contributed by atoms with Crippen molar-refractivity contribution < 1.29 is 9.59 Å². The number of hydrogen-bond acceptors (Lipinski definition) is 2. The van der Waals surface area contributed by atoms with Crippen LogP contribution >= 0.6 is 0 Å². The minimum atomic E-state index is -0.595. The lowest BCUT2D eigenvalue weighted by Crippen LogP contribution is -2.37. The van der Waals surface area contributed by atoms with Crippen LogP contribution in [0.15, 0.2) is 35.3 Å². The number of nitrogens with one attached hydrogen (secondary N) is 1. The number of hydrogen-bond donors (Lipinski definition) is 1. The summed E-state index contributed by atoms with van der Waals surface area (Å²) in [6.45, 7) is 0. The topological polar surface area (TPSA) is 58.5 Å². The Morgan fingerprint density at radius 1 is 1.14 bits per heavy atom. The van der Waals surface area contributed by atoms with E-state index in [0.717, 1.165) is 5.56 Å². The second kappa shape index (κ2) is 3.41. The molecule has 1 aromatic rings. The number of imide groups is 1. The fraction of sp³-hybridized carbons (Fsp3) is 0.100. The summed E-state index contributed by atoms with van der Waals surface area (Å²) in [5, 5.41) is 2.15. The molecule has 1 atom stereocenters. The summed E-state index contributed by atoms with van der Waals surface area (Å²) in [6.07, 6.45) is 1.37. The van der Waals surface area contributed by atoms with E-state index in [9.17, 15) is 9.59 Å². The van der Waals surface area contributed by atoms with Gasteiger partial charge in [-0.3, -0.25) is 10.1 Å². The summed E-state index contributed by atoms with van der Waals surface area (Å²) in [5.74, 6) is -0.773. The summed E-state index contributed by atoms with van der Waals surface area (Å²) >= 11 is 0. The summed E-state index contributed by atoms with van der Waals surface area (Å²) in [5.41, 5.74) is 0.834. The molecule has 1 aliphatic rings. The second-order valence-corrected chi connectivity index (χ2v) is 2.96. The monoisotopic (exact) mass is 188 g/mol. The molecule has 14 heavy (non-hydrogen) atoms. The van der Waals surface area contributed by atoms with Crippen LogP contribution in [0.3, 0.4) is 0 Å². The Hall–Kier alpha value is -1.97. The molecule has 0 fully saturated rings. The highest BCUT2D eigenvalue weighted by atomic mass is 16.2. The van der Waals surface area contributed by atoms with Crippen LogP contribution in [0.2, 0.25) is 0 Å². The highest BCUT2D eigenvalue weighted by Crippen LogP contribution is 2.15. The van der Waals surface area contributed by atoms with E-state index in [2.05, 4.69) is 10.3 Å². The van der Waals surface area contributed by atoms with Crippen molar-refractivity contribution in [1.29, 1.82) is 0 Å². The molecule has 0 aromatic heterocycles. The van der Waals surface area contributed by atoms with Gasteiger partial charge in [-0.2, -0.15) is 0 Å². The van der Waals surface area contributed by atoms with Crippen molar-refractivity contribution in [2.75, 3.05) is 0 Å². The summed E-state index contributed by atoms with van der Waals surface area (Å²) in [7, 11) is 0. The van der Waals surface area contributed by atoms with Crippen LogP contribution in [0, 0.1) is 0 Å². The van der Waals surface area contributed by atoms with Gasteiger partial charge in [0.05, 0.1) is 5.92 Å². The van der Waals surface area contributed by atoms with Crippen LogP contribution in [0.25, 0.3) is 0 Å². The molecule has 2 rings (SSSR count). The molecule has 0 saturated heterocycles. The van der Waals surface area contributed by atoms with Gasteiger partial charge in [0.25, 0.3) is 0 Å². The number of nitrogens with zero attached hydrogens (tertiary/aromatic N) is 1. The largest absolute Gasteiger partial charge is 0.347 e. The van der Waals surface area contributed by atoms with Gasteiger partial charge in [-0.1, -0.05) is 30.3 Å². The molecule has 1 unspecified atom stereocenters.